The topological polar surface area (TPSA) is 37.4 Å². The fourth-order valence-corrected chi connectivity index (χ4v) is 12.9. The summed E-state index contributed by atoms with van der Waals surface area (Å²) in [5, 5.41) is 0. The fraction of sp³-hybridized carbons (Fsp3) is 0.889. The number of nitrogens with zero attached hydrogens (tertiary/aromatic N) is 3. The summed E-state index contributed by atoms with van der Waals surface area (Å²) < 4.78 is 25.7. The fourth-order valence-electron chi connectivity index (χ4n) is 4.57. The monoisotopic (exact) mass is 399 g/mol. The van der Waals surface area contributed by atoms with Crippen LogP contribution in [-0.2, 0) is 14.2 Å². The van der Waals surface area contributed by atoms with Crippen LogP contribution >= 0.6 is 0 Å². The van der Waals surface area contributed by atoms with Crippen LogP contribution in [0, 0.1) is 0 Å². The molecular weight excluding hydrogens is 362 g/mol. The maximum Gasteiger partial charge on any atom is 0.289 e. The second-order valence-electron chi connectivity index (χ2n) is 7.75. The van der Waals surface area contributed by atoms with E-state index in [4.69, 9.17) is 14.2 Å². The van der Waals surface area contributed by atoms with Gasteiger partial charge in [0, 0.05) is 48.8 Å². The van der Waals surface area contributed by atoms with Gasteiger partial charge in [-0.25, -0.2) is 0 Å². The Morgan fingerprint density at radius 1 is 0.769 bits per heavy atom. The normalized spacial score (nSPS) is 25.0. The van der Waals surface area contributed by atoms with E-state index in [0.29, 0.717) is 0 Å². The predicted molar refractivity (Wildman–Crippen MR) is 111 cm³/mol. The maximum absolute atomic E-state index is 5.72. The van der Waals surface area contributed by atoms with Crippen molar-refractivity contribution in [2.45, 2.75) is 25.9 Å². The molecule has 150 valence electrons. The van der Waals surface area contributed by atoms with Crippen LogP contribution in [0.25, 0.3) is 0 Å². The largest absolute Gasteiger partial charge is 0.379 e. The van der Waals surface area contributed by atoms with Crippen LogP contribution in [0.1, 0.15) is 13.8 Å². The highest BCUT2D eigenvalue weighted by Gasteiger charge is 2.51. The van der Waals surface area contributed by atoms with Crippen molar-refractivity contribution in [2.24, 2.45) is 0 Å². The maximum atomic E-state index is 5.72. The Kier molecular flexibility index (Phi) is 8.32. The third-order valence-corrected chi connectivity index (χ3v) is 13.8. The molecule has 0 aromatic rings. The van der Waals surface area contributed by atoms with Crippen LogP contribution in [0.2, 0.25) is 12.1 Å². The van der Waals surface area contributed by atoms with Gasteiger partial charge in [-0.3, -0.25) is 13.7 Å². The summed E-state index contributed by atoms with van der Waals surface area (Å²) in [6.45, 7) is 16.3. The van der Waals surface area contributed by atoms with Crippen LogP contribution in [0.4, 0.5) is 0 Å². The molecule has 0 N–H and O–H groups in total. The standard InChI is InChI=1S/C18H37N3O3Si2/c1-18(2)17-25-15-16-26(19-3-9-22-10-4-19,20-5-11-23-12-6-20)21-7-13-24-14-8-21/h17H,3-16,25H2,1-2H3. The quantitative estimate of drug-likeness (QED) is 0.457. The van der Waals surface area contributed by atoms with Gasteiger partial charge in [-0.15, -0.1) is 5.70 Å². The van der Waals surface area contributed by atoms with E-state index in [9.17, 15) is 0 Å². The highest BCUT2D eigenvalue weighted by molar-refractivity contribution is 6.72. The molecule has 0 radical (unpaired) electrons. The first-order chi connectivity index (χ1) is 12.7. The van der Waals surface area contributed by atoms with E-state index in [-0.39, 0.29) is 9.52 Å². The van der Waals surface area contributed by atoms with Gasteiger partial charge in [0.1, 0.15) is 0 Å². The minimum atomic E-state index is -1.90. The van der Waals surface area contributed by atoms with Crippen molar-refractivity contribution >= 4 is 18.1 Å². The van der Waals surface area contributed by atoms with E-state index >= 15 is 0 Å². The SMILES string of the molecule is CC(C)=C[SiH2]CC[Si](N1CCOCC1)(N1CCOCC1)N1CCOCC1. The lowest BCUT2D eigenvalue weighted by molar-refractivity contribution is 0.0156. The van der Waals surface area contributed by atoms with Gasteiger partial charge in [0.25, 0.3) is 8.56 Å². The zero-order valence-corrected chi connectivity index (χ0v) is 19.2. The minimum absolute atomic E-state index is 0.124. The van der Waals surface area contributed by atoms with Crippen molar-refractivity contribution in [3.63, 3.8) is 0 Å². The minimum Gasteiger partial charge on any atom is -0.379 e. The van der Waals surface area contributed by atoms with Crippen LogP contribution in [-0.4, -0.2) is 111 Å². The highest BCUT2D eigenvalue weighted by Crippen LogP contribution is 2.29. The molecule has 0 atom stereocenters. The molecule has 3 aliphatic rings. The molecule has 0 aromatic carbocycles. The lowest BCUT2D eigenvalue weighted by atomic mass is 10.4. The van der Waals surface area contributed by atoms with Gasteiger partial charge < -0.3 is 14.2 Å². The Morgan fingerprint density at radius 2 is 1.15 bits per heavy atom. The molecule has 0 bridgehead atoms. The van der Waals surface area contributed by atoms with E-state index in [1.165, 1.54) is 17.7 Å². The number of ether oxygens (including phenoxy) is 3. The Hall–Kier alpha value is -0.0662. The molecule has 0 saturated carbocycles. The van der Waals surface area contributed by atoms with Gasteiger partial charge in [-0.2, -0.15) is 0 Å². The molecule has 0 amide bonds. The van der Waals surface area contributed by atoms with Gasteiger partial charge in [0.15, 0.2) is 0 Å². The molecule has 3 aliphatic heterocycles. The van der Waals surface area contributed by atoms with Crippen molar-refractivity contribution in [3.8, 4) is 0 Å². The zero-order valence-electron chi connectivity index (χ0n) is 16.8. The number of hydrogen-bond donors (Lipinski definition) is 0. The summed E-state index contributed by atoms with van der Waals surface area (Å²) in [6.07, 6.45) is 0. The summed E-state index contributed by atoms with van der Waals surface area (Å²) in [5.41, 5.74) is 4.03. The second kappa shape index (κ2) is 10.5. The average molecular weight is 400 g/mol. The molecule has 8 heteroatoms. The lowest BCUT2D eigenvalue weighted by Gasteiger charge is -2.56. The van der Waals surface area contributed by atoms with E-state index in [0.717, 1.165) is 78.9 Å². The molecule has 6 nitrogen and oxygen atoms in total. The third-order valence-electron chi connectivity index (χ3n) is 5.82. The van der Waals surface area contributed by atoms with Crippen LogP contribution in [0.3, 0.4) is 0 Å². The molecule has 0 aromatic heterocycles. The smallest absolute Gasteiger partial charge is 0.289 e. The van der Waals surface area contributed by atoms with E-state index in [1.54, 1.807) is 0 Å². The highest BCUT2D eigenvalue weighted by atomic mass is 28.4. The molecule has 26 heavy (non-hydrogen) atoms. The van der Waals surface area contributed by atoms with Crippen molar-refractivity contribution < 1.29 is 14.2 Å². The number of rotatable bonds is 7. The summed E-state index contributed by atoms with van der Waals surface area (Å²) in [4.78, 5) is 0. The van der Waals surface area contributed by atoms with Crippen molar-refractivity contribution in [1.29, 1.82) is 0 Å². The van der Waals surface area contributed by atoms with Crippen molar-refractivity contribution in [1.82, 2.24) is 13.7 Å². The molecule has 3 heterocycles. The lowest BCUT2D eigenvalue weighted by Crippen LogP contribution is -2.78. The first-order valence-electron chi connectivity index (χ1n) is 10.4. The van der Waals surface area contributed by atoms with Gasteiger partial charge in [0.2, 0.25) is 0 Å². The zero-order chi connectivity index (χ0) is 18.2. The van der Waals surface area contributed by atoms with E-state index < -0.39 is 8.56 Å². The predicted octanol–water partition coefficient (Wildman–Crippen LogP) is 0.433. The second-order valence-corrected chi connectivity index (χ2v) is 13.4. The molecule has 3 saturated heterocycles. The first-order valence-corrected chi connectivity index (χ1v) is 14.2. The molecular formula is C18H37N3O3Si2. The summed E-state index contributed by atoms with van der Waals surface area (Å²) in [6, 6.07) is 2.77. The van der Waals surface area contributed by atoms with E-state index in [2.05, 4.69) is 33.2 Å². The summed E-state index contributed by atoms with van der Waals surface area (Å²) in [7, 11) is -2.02. The van der Waals surface area contributed by atoms with Crippen molar-refractivity contribution in [2.75, 3.05) is 78.9 Å². The van der Waals surface area contributed by atoms with Crippen LogP contribution in [0.15, 0.2) is 11.3 Å². The van der Waals surface area contributed by atoms with Gasteiger partial charge in [0.05, 0.1) is 39.6 Å². The van der Waals surface area contributed by atoms with Gasteiger partial charge in [-0.05, 0) is 19.9 Å². The van der Waals surface area contributed by atoms with E-state index in [1.807, 2.05) is 0 Å². The molecule has 0 unspecified atom stereocenters. The van der Waals surface area contributed by atoms with Crippen LogP contribution < -0.4 is 0 Å². The third kappa shape index (κ3) is 5.05. The Morgan fingerprint density at radius 3 is 1.50 bits per heavy atom. The number of morpholine rings is 3. The average Bonchev–Trinajstić information content (AvgIpc) is 2.70. The van der Waals surface area contributed by atoms with Crippen LogP contribution in [0.5, 0.6) is 0 Å². The summed E-state index contributed by atoms with van der Waals surface area (Å²) in [5.74, 6) is 0. The number of hydrogen-bond acceptors (Lipinski definition) is 6. The Balaban J connectivity index is 1.84. The molecule has 3 fully saturated rings. The Bertz CT molecular complexity index is 399. The molecule has 0 aliphatic carbocycles. The van der Waals surface area contributed by atoms with Gasteiger partial charge >= 0.3 is 0 Å². The number of allylic oxidation sites excluding steroid dienone is 1. The summed E-state index contributed by atoms with van der Waals surface area (Å²) >= 11 is 0. The molecule has 0 spiro atoms. The Labute approximate surface area is 162 Å². The molecule has 3 rings (SSSR count). The first kappa shape index (κ1) is 20.7. The van der Waals surface area contributed by atoms with Gasteiger partial charge in [-0.1, -0.05) is 11.6 Å². The van der Waals surface area contributed by atoms with Crippen molar-refractivity contribution in [3.05, 3.63) is 11.3 Å².